The number of ether oxygens (including phenoxy) is 2. The van der Waals surface area contributed by atoms with Crippen molar-refractivity contribution in [2.45, 2.75) is 6.42 Å². The molecule has 0 radical (unpaired) electrons. The summed E-state index contributed by atoms with van der Waals surface area (Å²) in [6, 6.07) is 2.56. The summed E-state index contributed by atoms with van der Waals surface area (Å²) in [5.41, 5.74) is -0.216. The van der Waals surface area contributed by atoms with E-state index in [0.29, 0.717) is 19.6 Å². The van der Waals surface area contributed by atoms with E-state index in [1.807, 2.05) is 0 Å². The standard InChI is InChI=1S/C13H20N2O6S/c1-20-6-4-5-14-13(17)12-10(15-22(3,18)19)7-9(21-2)8-11(12)16/h7-8,15-16H,4-6H2,1-3H3,(H,14,17). The monoisotopic (exact) mass is 332 g/mol. The van der Waals surface area contributed by atoms with Crippen LogP contribution in [-0.4, -0.2) is 53.1 Å². The van der Waals surface area contributed by atoms with Gasteiger partial charge in [0.2, 0.25) is 10.0 Å². The fourth-order valence-electron chi connectivity index (χ4n) is 1.74. The first-order valence-corrected chi connectivity index (χ1v) is 8.33. The van der Waals surface area contributed by atoms with Gasteiger partial charge in [0.25, 0.3) is 5.91 Å². The lowest BCUT2D eigenvalue weighted by Crippen LogP contribution is -2.26. The van der Waals surface area contributed by atoms with Gasteiger partial charge in [-0.1, -0.05) is 0 Å². The third-order valence-electron chi connectivity index (χ3n) is 2.66. The highest BCUT2D eigenvalue weighted by molar-refractivity contribution is 7.92. The van der Waals surface area contributed by atoms with Crippen molar-refractivity contribution in [2.24, 2.45) is 0 Å². The fraction of sp³-hybridized carbons (Fsp3) is 0.462. The second-order valence-electron chi connectivity index (χ2n) is 4.55. The van der Waals surface area contributed by atoms with E-state index in [4.69, 9.17) is 9.47 Å². The van der Waals surface area contributed by atoms with Crippen molar-refractivity contribution < 1.29 is 27.8 Å². The highest BCUT2D eigenvalue weighted by atomic mass is 32.2. The molecule has 0 saturated heterocycles. The van der Waals surface area contributed by atoms with Gasteiger partial charge in [-0.2, -0.15) is 0 Å². The number of anilines is 1. The van der Waals surface area contributed by atoms with E-state index < -0.39 is 15.9 Å². The number of rotatable bonds is 8. The zero-order valence-electron chi connectivity index (χ0n) is 12.7. The molecule has 0 aliphatic rings. The average Bonchev–Trinajstić information content (AvgIpc) is 2.41. The number of carbonyl (C=O) groups is 1. The molecule has 0 aliphatic carbocycles. The highest BCUT2D eigenvalue weighted by Gasteiger charge is 2.20. The predicted molar refractivity (Wildman–Crippen MR) is 82.0 cm³/mol. The Balaban J connectivity index is 3.07. The normalized spacial score (nSPS) is 11.0. The van der Waals surface area contributed by atoms with Crippen LogP contribution < -0.4 is 14.8 Å². The Morgan fingerprint density at radius 1 is 1.32 bits per heavy atom. The lowest BCUT2D eigenvalue weighted by Gasteiger charge is -2.14. The molecule has 0 spiro atoms. The van der Waals surface area contributed by atoms with E-state index in [2.05, 4.69) is 10.0 Å². The lowest BCUT2D eigenvalue weighted by atomic mass is 10.1. The Hall–Kier alpha value is -2.00. The van der Waals surface area contributed by atoms with Crippen molar-refractivity contribution >= 4 is 21.6 Å². The van der Waals surface area contributed by atoms with Crippen LogP contribution in [0.15, 0.2) is 12.1 Å². The largest absolute Gasteiger partial charge is 0.507 e. The van der Waals surface area contributed by atoms with E-state index in [-0.39, 0.29) is 22.7 Å². The molecule has 3 N–H and O–H groups in total. The number of hydrogen-bond acceptors (Lipinski definition) is 6. The molecule has 124 valence electrons. The number of phenols is 1. The molecule has 8 nitrogen and oxygen atoms in total. The second kappa shape index (κ2) is 7.85. The number of aromatic hydroxyl groups is 1. The number of phenolic OH excluding ortho intramolecular Hbond substituents is 1. The molecule has 1 aromatic carbocycles. The Labute approximate surface area is 129 Å². The second-order valence-corrected chi connectivity index (χ2v) is 6.29. The van der Waals surface area contributed by atoms with Crippen molar-refractivity contribution in [2.75, 3.05) is 38.3 Å². The van der Waals surface area contributed by atoms with Gasteiger partial charge < -0.3 is 19.9 Å². The van der Waals surface area contributed by atoms with Crippen molar-refractivity contribution in [1.82, 2.24) is 5.32 Å². The summed E-state index contributed by atoms with van der Waals surface area (Å²) < 4.78 is 34.8. The van der Waals surface area contributed by atoms with E-state index in [9.17, 15) is 18.3 Å². The quantitative estimate of drug-likeness (QED) is 0.599. The van der Waals surface area contributed by atoms with Gasteiger partial charge in [-0.05, 0) is 6.42 Å². The summed E-state index contributed by atoms with van der Waals surface area (Å²) in [6.07, 6.45) is 1.54. The molecule has 0 heterocycles. The van der Waals surface area contributed by atoms with Crippen LogP contribution in [0.3, 0.4) is 0 Å². The van der Waals surface area contributed by atoms with Crippen LogP contribution in [0.25, 0.3) is 0 Å². The molecule has 0 fully saturated rings. The van der Waals surface area contributed by atoms with Crippen LogP contribution in [0.5, 0.6) is 11.5 Å². The molecule has 0 aromatic heterocycles. The van der Waals surface area contributed by atoms with Gasteiger partial charge in [0.1, 0.15) is 17.1 Å². The van der Waals surface area contributed by atoms with Crippen LogP contribution in [-0.2, 0) is 14.8 Å². The van der Waals surface area contributed by atoms with Crippen LogP contribution in [0.2, 0.25) is 0 Å². The van der Waals surface area contributed by atoms with Crippen LogP contribution in [0.1, 0.15) is 16.8 Å². The minimum absolute atomic E-state index is 0.0522. The first kappa shape index (κ1) is 18.1. The molecule has 0 atom stereocenters. The van der Waals surface area contributed by atoms with Crippen LogP contribution >= 0.6 is 0 Å². The molecule has 0 saturated carbocycles. The molecule has 0 bridgehead atoms. The summed E-state index contributed by atoms with van der Waals surface area (Å²) in [7, 11) is -0.709. The Bertz CT molecular complexity index is 630. The first-order chi connectivity index (χ1) is 10.3. The maximum atomic E-state index is 12.1. The summed E-state index contributed by atoms with van der Waals surface area (Å²) in [4.78, 5) is 12.1. The van der Waals surface area contributed by atoms with Gasteiger partial charge >= 0.3 is 0 Å². The van der Waals surface area contributed by atoms with Gasteiger partial charge in [-0.3, -0.25) is 9.52 Å². The van der Waals surface area contributed by atoms with Crippen LogP contribution in [0.4, 0.5) is 5.69 Å². The number of carbonyl (C=O) groups excluding carboxylic acids is 1. The summed E-state index contributed by atoms with van der Waals surface area (Å²) in [6.45, 7) is 0.805. The minimum atomic E-state index is -3.62. The third-order valence-corrected chi connectivity index (χ3v) is 3.25. The number of amides is 1. The van der Waals surface area contributed by atoms with Crippen molar-refractivity contribution in [3.8, 4) is 11.5 Å². The number of hydrogen-bond donors (Lipinski definition) is 3. The molecular weight excluding hydrogens is 312 g/mol. The van der Waals surface area contributed by atoms with E-state index in [1.54, 1.807) is 7.11 Å². The number of sulfonamides is 1. The van der Waals surface area contributed by atoms with Gasteiger partial charge in [0.15, 0.2) is 0 Å². The molecule has 22 heavy (non-hydrogen) atoms. The van der Waals surface area contributed by atoms with E-state index in [1.165, 1.54) is 19.2 Å². The van der Waals surface area contributed by atoms with Crippen LogP contribution in [0, 0.1) is 0 Å². The highest BCUT2D eigenvalue weighted by Crippen LogP contribution is 2.32. The zero-order valence-corrected chi connectivity index (χ0v) is 13.5. The van der Waals surface area contributed by atoms with Crippen molar-refractivity contribution in [3.63, 3.8) is 0 Å². The van der Waals surface area contributed by atoms with Gasteiger partial charge in [0.05, 0.1) is 19.1 Å². The zero-order chi connectivity index (χ0) is 16.8. The molecular formula is C13H20N2O6S. The lowest BCUT2D eigenvalue weighted by molar-refractivity contribution is 0.0947. The van der Waals surface area contributed by atoms with Crippen molar-refractivity contribution in [3.05, 3.63) is 17.7 Å². The summed E-state index contributed by atoms with van der Waals surface area (Å²) in [5.74, 6) is -0.753. The first-order valence-electron chi connectivity index (χ1n) is 6.44. The SMILES string of the molecule is COCCCNC(=O)c1c(O)cc(OC)cc1NS(C)(=O)=O. The summed E-state index contributed by atoms with van der Waals surface area (Å²) >= 11 is 0. The smallest absolute Gasteiger partial charge is 0.257 e. The summed E-state index contributed by atoms with van der Waals surface area (Å²) in [5, 5.41) is 12.6. The number of benzene rings is 1. The Morgan fingerprint density at radius 2 is 2.00 bits per heavy atom. The maximum Gasteiger partial charge on any atom is 0.257 e. The fourth-order valence-corrected chi connectivity index (χ4v) is 2.30. The third kappa shape index (κ3) is 5.41. The average molecular weight is 332 g/mol. The minimum Gasteiger partial charge on any atom is -0.507 e. The molecule has 1 aromatic rings. The predicted octanol–water partition coefficient (Wildman–Crippen LogP) is 0.539. The molecule has 0 unspecified atom stereocenters. The number of methoxy groups -OCH3 is 2. The molecule has 0 aliphatic heterocycles. The van der Waals surface area contributed by atoms with Gasteiger partial charge in [0, 0.05) is 32.4 Å². The Morgan fingerprint density at radius 3 is 2.55 bits per heavy atom. The maximum absolute atomic E-state index is 12.1. The van der Waals surface area contributed by atoms with Gasteiger partial charge in [-0.15, -0.1) is 0 Å². The Kier molecular flexibility index (Phi) is 6.44. The van der Waals surface area contributed by atoms with E-state index >= 15 is 0 Å². The van der Waals surface area contributed by atoms with Gasteiger partial charge in [-0.25, -0.2) is 8.42 Å². The molecule has 1 rings (SSSR count). The van der Waals surface area contributed by atoms with E-state index in [0.717, 1.165) is 6.26 Å². The van der Waals surface area contributed by atoms with Crippen molar-refractivity contribution in [1.29, 1.82) is 0 Å². The molecule has 9 heteroatoms. The topological polar surface area (TPSA) is 114 Å². The number of nitrogens with one attached hydrogen (secondary N) is 2. The molecule has 1 amide bonds.